The topological polar surface area (TPSA) is 26.0 Å². The highest BCUT2D eigenvalue weighted by Gasteiger charge is 2.30. The van der Waals surface area contributed by atoms with Gasteiger partial charge in [-0.25, -0.2) is 0 Å². The molecule has 92 valence electrons. The summed E-state index contributed by atoms with van der Waals surface area (Å²) in [4.78, 5) is 0. The zero-order chi connectivity index (χ0) is 11.5. The second kappa shape index (κ2) is 6.11. The average Bonchev–Trinajstić information content (AvgIpc) is 2.17. The van der Waals surface area contributed by atoms with Gasteiger partial charge in [0.1, 0.15) is 0 Å². The van der Waals surface area contributed by atoms with Crippen molar-refractivity contribution in [3.63, 3.8) is 0 Å². The smallest absolute Gasteiger partial charge is 0.327 e. The third-order valence-corrected chi connectivity index (χ3v) is 2.28. The maximum absolute atomic E-state index is 12.4. The van der Waals surface area contributed by atoms with Crippen molar-refractivity contribution < 1.29 is 13.2 Å². The number of alkyl halides is 3. The molecule has 0 radical (unpaired) electrons. The van der Waals surface area contributed by atoms with Crippen LogP contribution in [0.3, 0.4) is 0 Å². The lowest BCUT2D eigenvalue weighted by atomic mass is 10.0. The van der Waals surface area contributed by atoms with Crippen molar-refractivity contribution >= 4 is 12.4 Å². The summed E-state index contributed by atoms with van der Waals surface area (Å²) < 4.78 is 37.1. The molecule has 1 aromatic carbocycles. The highest BCUT2D eigenvalue weighted by atomic mass is 35.5. The van der Waals surface area contributed by atoms with E-state index in [1.807, 2.05) is 6.92 Å². The van der Waals surface area contributed by atoms with E-state index in [9.17, 15) is 13.2 Å². The fraction of sp³-hybridized carbons (Fsp3) is 0.455. The van der Waals surface area contributed by atoms with Crippen LogP contribution in [0.25, 0.3) is 0 Å². The highest BCUT2D eigenvalue weighted by Crippen LogP contribution is 2.29. The molecule has 0 aromatic heterocycles. The van der Waals surface area contributed by atoms with Crippen molar-refractivity contribution in [2.75, 3.05) is 0 Å². The van der Waals surface area contributed by atoms with Gasteiger partial charge < -0.3 is 5.73 Å². The molecule has 0 saturated carbocycles. The number of halogens is 4. The second-order valence-electron chi connectivity index (χ2n) is 3.57. The number of rotatable bonds is 3. The van der Waals surface area contributed by atoms with Crippen molar-refractivity contribution in [2.24, 2.45) is 5.73 Å². The summed E-state index contributed by atoms with van der Waals surface area (Å²) in [5.74, 6) is 0. The Kier molecular flexibility index (Phi) is 5.83. The number of nitrogens with two attached hydrogens (primary N) is 1. The van der Waals surface area contributed by atoms with E-state index in [1.54, 1.807) is 6.07 Å². The largest absolute Gasteiger partial charge is 0.416 e. The molecule has 0 saturated heterocycles. The summed E-state index contributed by atoms with van der Waals surface area (Å²) in [6, 6.07) is 5.25. The standard InChI is InChI=1S/C11H14F3N.ClH/c1-2-10(15)7-8-4-3-5-9(6-8)11(12,13)14;/h3-6,10H,2,7,15H2,1H3;1H. The minimum atomic E-state index is -4.27. The van der Waals surface area contributed by atoms with Gasteiger partial charge in [-0.15, -0.1) is 12.4 Å². The summed E-state index contributed by atoms with van der Waals surface area (Å²) in [6.45, 7) is 1.91. The molecule has 0 bridgehead atoms. The minimum absolute atomic E-state index is 0. The molecule has 0 spiro atoms. The molecule has 1 nitrogen and oxygen atoms in total. The van der Waals surface area contributed by atoms with Crippen LogP contribution >= 0.6 is 12.4 Å². The van der Waals surface area contributed by atoms with Crippen LogP contribution in [-0.2, 0) is 12.6 Å². The Morgan fingerprint density at radius 1 is 1.31 bits per heavy atom. The van der Waals surface area contributed by atoms with E-state index < -0.39 is 11.7 Å². The Bertz CT molecular complexity index is 325. The molecule has 0 amide bonds. The van der Waals surface area contributed by atoms with Gasteiger partial charge in [0.15, 0.2) is 0 Å². The monoisotopic (exact) mass is 253 g/mol. The third kappa shape index (κ3) is 4.41. The normalized spacial score (nSPS) is 13.1. The predicted octanol–water partition coefficient (Wildman–Crippen LogP) is 3.41. The van der Waals surface area contributed by atoms with E-state index in [1.165, 1.54) is 6.07 Å². The Morgan fingerprint density at radius 2 is 1.94 bits per heavy atom. The molecule has 0 fully saturated rings. The molecular formula is C11H15ClF3N. The fourth-order valence-corrected chi connectivity index (χ4v) is 1.32. The van der Waals surface area contributed by atoms with Crippen LogP contribution in [-0.4, -0.2) is 6.04 Å². The lowest BCUT2D eigenvalue weighted by Crippen LogP contribution is -2.21. The van der Waals surface area contributed by atoms with Crippen molar-refractivity contribution in [1.82, 2.24) is 0 Å². The van der Waals surface area contributed by atoms with Gasteiger partial charge in [0.05, 0.1) is 5.56 Å². The Balaban J connectivity index is 0.00000225. The van der Waals surface area contributed by atoms with Gasteiger partial charge in [0, 0.05) is 6.04 Å². The molecule has 0 aliphatic carbocycles. The Labute approximate surface area is 99.2 Å². The maximum atomic E-state index is 12.4. The molecule has 0 aliphatic heterocycles. The van der Waals surface area contributed by atoms with E-state index >= 15 is 0 Å². The van der Waals surface area contributed by atoms with E-state index in [4.69, 9.17) is 5.73 Å². The van der Waals surface area contributed by atoms with Crippen molar-refractivity contribution in [3.05, 3.63) is 35.4 Å². The first-order valence-electron chi connectivity index (χ1n) is 4.85. The molecule has 1 unspecified atom stereocenters. The number of hydrogen-bond acceptors (Lipinski definition) is 1. The SMILES string of the molecule is CCC(N)Cc1cccc(C(F)(F)F)c1.Cl. The van der Waals surface area contributed by atoms with Gasteiger partial charge in [-0.2, -0.15) is 13.2 Å². The molecule has 0 aliphatic rings. The van der Waals surface area contributed by atoms with Crippen LogP contribution in [0.4, 0.5) is 13.2 Å². The molecule has 16 heavy (non-hydrogen) atoms. The van der Waals surface area contributed by atoms with Crippen LogP contribution in [0.2, 0.25) is 0 Å². The summed E-state index contributed by atoms with van der Waals surface area (Å²) in [5, 5.41) is 0. The molecule has 2 N–H and O–H groups in total. The number of benzene rings is 1. The zero-order valence-electron chi connectivity index (χ0n) is 8.92. The van der Waals surface area contributed by atoms with Gasteiger partial charge in [-0.05, 0) is 24.5 Å². The van der Waals surface area contributed by atoms with E-state index in [-0.39, 0.29) is 18.4 Å². The van der Waals surface area contributed by atoms with E-state index in [2.05, 4.69) is 0 Å². The van der Waals surface area contributed by atoms with Crippen LogP contribution in [0.1, 0.15) is 24.5 Å². The Morgan fingerprint density at radius 3 is 2.44 bits per heavy atom. The quantitative estimate of drug-likeness (QED) is 0.878. The predicted molar refractivity (Wildman–Crippen MR) is 60.7 cm³/mol. The second-order valence-corrected chi connectivity index (χ2v) is 3.57. The summed E-state index contributed by atoms with van der Waals surface area (Å²) in [5.41, 5.74) is 5.71. The van der Waals surface area contributed by atoms with E-state index in [0.717, 1.165) is 18.6 Å². The minimum Gasteiger partial charge on any atom is -0.327 e. The lowest BCUT2D eigenvalue weighted by Gasteiger charge is -2.11. The molecule has 5 heteroatoms. The third-order valence-electron chi connectivity index (χ3n) is 2.28. The van der Waals surface area contributed by atoms with Gasteiger partial charge in [0.2, 0.25) is 0 Å². The molecule has 1 atom stereocenters. The summed E-state index contributed by atoms with van der Waals surface area (Å²) in [7, 11) is 0. The summed E-state index contributed by atoms with van der Waals surface area (Å²) >= 11 is 0. The molecule has 0 heterocycles. The molecule has 1 aromatic rings. The fourth-order valence-electron chi connectivity index (χ4n) is 1.32. The van der Waals surface area contributed by atoms with Crippen molar-refractivity contribution in [2.45, 2.75) is 32.0 Å². The van der Waals surface area contributed by atoms with Crippen LogP contribution in [0.15, 0.2) is 24.3 Å². The van der Waals surface area contributed by atoms with Gasteiger partial charge >= 0.3 is 6.18 Å². The first-order chi connectivity index (χ1) is 6.93. The molecular weight excluding hydrogens is 239 g/mol. The van der Waals surface area contributed by atoms with Gasteiger partial charge in [0.25, 0.3) is 0 Å². The van der Waals surface area contributed by atoms with Crippen molar-refractivity contribution in [1.29, 1.82) is 0 Å². The van der Waals surface area contributed by atoms with Gasteiger partial charge in [-0.1, -0.05) is 25.1 Å². The van der Waals surface area contributed by atoms with E-state index in [0.29, 0.717) is 12.0 Å². The van der Waals surface area contributed by atoms with Crippen LogP contribution < -0.4 is 5.73 Å². The average molecular weight is 254 g/mol. The zero-order valence-corrected chi connectivity index (χ0v) is 9.74. The summed E-state index contributed by atoms with van der Waals surface area (Å²) in [6.07, 6.45) is -3.02. The van der Waals surface area contributed by atoms with Crippen LogP contribution in [0, 0.1) is 0 Å². The van der Waals surface area contributed by atoms with Crippen LogP contribution in [0.5, 0.6) is 0 Å². The van der Waals surface area contributed by atoms with Gasteiger partial charge in [-0.3, -0.25) is 0 Å². The molecule has 1 rings (SSSR count). The first kappa shape index (κ1) is 15.3. The Hall–Kier alpha value is -0.740. The van der Waals surface area contributed by atoms with Crippen molar-refractivity contribution in [3.8, 4) is 0 Å². The highest BCUT2D eigenvalue weighted by molar-refractivity contribution is 5.85. The maximum Gasteiger partial charge on any atom is 0.416 e. The number of hydrogen-bond donors (Lipinski definition) is 1. The first-order valence-corrected chi connectivity index (χ1v) is 4.85. The lowest BCUT2D eigenvalue weighted by molar-refractivity contribution is -0.137.